The molecule has 2 heterocycles. The van der Waals surface area contributed by atoms with Crippen molar-refractivity contribution in [3.63, 3.8) is 0 Å². The van der Waals surface area contributed by atoms with Crippen molar-refractivity contribution >= 4 is 35.8 Å². The van der Waals surface area contributed by atoms with E-state index in [0.29, 0.717) is 24.9 Å². The highest BCUT2D eigenvalue weighted by Gasteiger charge is 2.35. The number of likely N-dealkylation sites (tertiary alicyclic amines) is 1. The number of benzene rings is 1. The summed E-state index contributed by atoms with van der Waals surface area (Å²) in [5.41, 5.74) is 7.45. The second-order valence-electron chi connectivity index (χ2n) is 8.62. The Bertz CT molecular complexity index is 798. The Morgan fingerprint density at radius 1 is 1.15 bits per heavy atom. The maximum absolute atomic E-state index is 11.9. The molecule has 33 heavy (non-hydrogen) atoms. The number of carbonyl (C=O) groups excluding carboxylic acids is 2. The van der Waals surface area contributed by atoms with Crippen molar-refractivity contribution in [2.45, 2.75) is 25.3 Å². The van der Waals surface area contributed by atoms with Gasteiger partial charge in [-0.2, -0.15) is 0 Å². The molecule has 2 fully saturated rings. The zero-order valence-corrected chi connectivity index (χ0v) is 20.4. The van der Waals surface area contributed by atoms with Gasteiger partial charge in [-0.05, 0) is 43.0 Å². The Balaban J connectivity index is 0.00000385. The Hall–Kier alpha value is -2.36. The van der Waals surface area contributed by atoms with E-state index < -0.39 is 0 Å². The maximum Gasteiger partial charge on any atom is 0.319 e. The van der Waals surface area contributed by atoms with E-state index in [1.54, 1.807) is 7.05 Å². The fourth-order valence-corrected chi connectivity index (χ4v) is 4.86. The smallest absolute Gasteiger partial charge is 0.319 e. The molecule has 10 heteroatoms. The monoisotopic (exact) mass is 480 g/mol. The Morgan fingerprint density at radius 3 is 2.39 bits per heavy atom. The number of piperazine rings is 1. The summed E-state index contributed by atoms with van der Waals surface area (Å²) in [5, 5.41) is 10.3. The molecule has 0 aliphatic carbocycles. The van der Waals surface area contributed by atoms with Crippen molar-refractivity contribution in [1.82, 2.24) is 15.1 Å². The molecule has 2 aliphatic rings. The van der Waals surface area contributed by atoms with Gasteiger partial charge in [-0.3, -0.25) is 24.8 Å². The second-order valence-corrected chi connectivity index (χ2v) is 8.62. The minimum absolute atomic E-state index is 0. The van der Waals surface area contributed by atoms with Crippen LogP contribution in [0.5, 0.6) is 0 Å². The number of amides is 1. The lowest BCUT2D eigenvalue weighted by atomic mass is 9.86. The number of piperidine rings is 1. The van der Waals surface area contributed by atoms with Gasteiger partial charge in [0, 0.05) is 70.0 Å². The van der Waals surface area contributed by atoms with Crippen molar-refractivity contribution in [2.75, 3.05) is 64.9 Å². The van der Waals surface area contributed by atoms with Crippen LogP contribution in [0.2, 0.25) is 0 Å². The highest BCUT2D eigenvalue weighted by Crippen LogP contribution is 2.28. The van der Waals surface area contributed by atoms with E-state index in [2.05, 4.69) is 20.0 Å². The largest absolute Gasteiger partial charge is 0.468 e. The van der Waals surface area contributed by atoms with E-state index in [1.807, 2.05) is 24.3 Å². The summed E-state index contributed by atoms with van der Waals surface area (Å²) in [6.07, 6.45) is 2.31. The van der Waals surface area contributed by atoms with E-state index in [4.69, 9.17) is 15.9 Å². The number of ether oxygens (including phenoxy) is 1. The van der Waals surface area contributed by atoms with Gasteiger partial charge >= 0.3 is 5.97 Å². The van der Waals surface area contributed by atoms with Crippen LogP contribution in [-0.2, 0) is 14.3 Å². The highest BCUT2D eigenvalue weighted by atomic mass is 35.5. The minimum atomic E-state index is -0.210. The molecule has 4 N–H and O–H groups in total. The number of nitrogen functional groups attached to an aromatic ring is 1. The molecule has 2 aliphatic heterocycles. The predicted molar refractivity (Wildman–Crippen MR) is 132 cm³/mol. The third-order valence-corrected chi connectivity index (χ3v) is 6.71. The van der Waals surface area contributed by atoms with Crippen LogP contribution in [0, 0.1) is 11.3 Å². The van der Waals surface area contributed by atoms with Crippen LogP contribution >= 0.6 is 12.4 Å². The first-order chi connectivity index (χ1) is 15.4. The van der Waals surface area contributed by atoms with Gasteiger partial charge < -0.3 is 20.7 Å². The third-order valence-electron chi connectivity index (χ3n) is 6.71. The van der Waals surface area contributed by atoms with Gasteiger partial charge in [0.2, 0.25) is 5.91 Å². The molecule has 0 spiro atoms. The summed E-state index contributed by atoms with van der Waals surface area (Å²) in [6.45, 7) is 5.78. The summed E-state index contributed by atoms with van der Waals surface area (Å²) in [6, 6.07) is 8.27. The minimum Gasteiger partial charge on any atom is -0.468 e. The topological polar surface area (TPSA) is 115 Å². The molecule has 9 nitrogen and oxygen atoms in total. The molecule has 1 aromatic rings. The second kappa shape index (κ2) is 12.8. The van der Waals surface area contributed by atoms with Crippen molar-refractivity contribution in [3.8, 4) is 0 Å². The Morgan fingerprint density at radius 2 is 1.82 bits per heavy atom. The molecule has 0 bridgehead atoms. The van der Waals surface area contributed by atoms with E-state index in [9.17, 15) is 9.59 Å². The van der Waals surface area contributed by atoms with Crippen molar-refractivity contribution in [3.05, 3.63) is 29.8 Å². The number of methoxy groups -OCH3 is 1. The number of nitrogens with two attached hydrogens (primary N) is 1. The van der Waals surface area contributed by atoms with Gasteiger partial charge in [0.25, 0.3) is 0 Å². The van der Waals surface area contributed by atoms with Gasteiger partial charge in [-0.25, -0.2) is 0 Å². The number of esters is 1. The Labute approximate surface area is 202 Å². The van der Waals surface area contributed by atoms with Crippen molar-refractivity contribution < 1.29 is 14.3 Å². The van der Waals surface area contributed by atoms with E-state index in [1.165, 1.54) is 7.11 Å². The first-order valence-electron chi connectivity index (χ1n) is 11.3. The standard InChI is InChI=1S/C23H36N6O3.ClH/c1-26-21(30)8-5-18-15-27(16-22(31)32-2)10-9-20(18)29-13-11-28(12-14-29)19-6-3-17(4-7-19)23(24)25;/h3-4,6-7,18,20H,5,8-16H2,1-2H3,(H3,24,25)(H,26,30);1H. The third kappa shape index (κ3) is 7.31. The number of hydrogen-bond acceptors (Lipinski definition) is 7. The molecule has 1 aromatic carbocycles. The SMILES string of the molecule is CNC(=O)CCC1CN(CC(=O)OC)CCC1N1CCN(c2ccc(C(=N)N)cc2)CC1.Cl. The van der Waals surface area contributed by atoms with Crippen LogP contribution < -0.4 is 16.0 Å². The van der Waals surface area contributed by atoms with E-state index in [-0.39, 0.29) is 30.1 Å². The molecular weight excluding hydrogens is 444 g/mol. The highest BCUT2D eigenvalue weighted by molar-refractivity contribution is 5.95. The van der Waals surface area contributed by atoms with E-state index >= 15 is 0 Å². The van der Waals surface area contributed by atoms with Gasteiger partial charge in [-0.1, -0.05) is 0 Å². The van der Waals surface area contributed by atoms with Crippen molar-refractivity contribution in [2.24, 2.45) is 11.7 Å². The molecule has 2 saturated heterocycles. The molecule has 2 unspecified atom stereocenters. The number of nitrogens with zero attached hydrogens (tertiary/aromatic N) is 3. The number of nitrogens with one attached hydrogen (secondary N) is 2. The molecule has 0 saturated carbocycles. The molecule has 2 atom stereocenters. The van der Waals surface area contributed by atoms with Crippen LogP contribution in [0.4, 0.5) is 5.69 Å². The first-order valence-corrected chi connectivity index (χ1v) is 11.3. The number of hydrogen-bond donors (Lipinski definition) is 3. The van der Waals surface area contributed by atoms with Crippen LogP contribution in [0.1, 0.15) is 24.8 Å². The summed E-state index contributed by atoms with van der Waals surface area (Å²) in [5.74, 6) is 0.278. The predicted octanol–water partition coefficient (Wildman–Crippen LogP) is 0.904. The fraction of sp³-hybridized carbons (Fsp3) is 0.609. The normalized spacial score (nSPS) is 21.7. The number of anilines is 1. The average Bonchev–Trinajstić information content (AvgIpc) is 2.82. The molecular formula is C23H37ClN6O3. The Kier molecular flexibility index (Phi) is 10.4. The molecule has 3 rings (SSSR count). The maximum atomic E-state index is 11.9. The first kappa shape index (κ1) is 26.9. The lowest BCUT2D eigenvalue weighted by molar-refractivity contribution is -0.142. The molecule has 184 valence electrons. The van der Waals surface area contributed by atoms with Crippen molar-refractivity contribution in [1.29, 1.82) is 5.41 Å². The zero-order chi connectivity index (χ0) is 23.1. The quantitative estimate of drug-likeness (QED) is 0.287. The van der Waals surface area contributed by atoms with Gasteiger partial charge in [0.15, 0.2) is 0 Å². The molecule has 0 aromatic heterocycles. The van der Waals surface area contributed by atoms with Crippen LogP contribution in [0.25, 0.3) is 0 Å². The lowest BCUT2D eigenvalue weighted by Crippen LogP contribution is -2.57. The van der Waals surface area contributed by atoms with Crippen LogP contribution in [0.3, 0.4) is 0 Å². The van der Waals surface area contributed by atoms with Gasteiger partial charge in [0.05, 0.1) is 13.7 Å². The molecule has 1 amide bonds. The van der Waals surface area contributed by atoms with Crippen LogP contribution in [-0.4, -0.2) is 93.5 Å². The molecule has 0 radical (unpaired) electrons. The average molecular weight is 481 g/mol. The van der Waals surface area contributed by atoms with Gasteiger partial charge in [-0.15, -0.1) is 12.4 Å². The van der Waals surface area contributed by atoms with E-state index in [0.717, 1.165) is 63.4 Å². The number of amidine groups is 1. The summed E-state index contributed by atoms with van der Waals surface area (Å²) in [4.78, 5) is 30.7. The zero-order valence-electron chi connectivity index (χ0n) is 19.6. The van der Waals surface area contributed by atoms with Crippen LogP contribution in [0.15, 0.2) is 24.3 Å². The van der Waals surface area contributed by atoms with Gasteiger partial charge in [0.1, 0.15) is 5.84 Å². The lowest BCUT2D eigenvalue weighted by Gasteiger charge is -2.47. The summed E-state index contributed by atoms with van der Waals surface area (Å²) < 4.78 is 4.84. The number of carbonyl (C=O) groups is 2. The summed E-state index contributed by atoms with van der Waals surface area (Å²) >= 11 is 0. The number of rotatable bonds is 8. The summed E-state index contributed by atoms with van der Waals surface area (Å²) in [7, 11) is 3.09. The fourth-order valence-electron chi connectivity index (χ4n) is 4.86. The number of halogens is 1.